The summed E-state index contributed by atoms with van der Waals surface area (Å²) in [7, 11) is 0. The van der Waals surface area contributed by atoms with Crippen LogP contribution in [0.4, 0.5) is 13.2 Å². The highest BCUT2D eigenvalue weighted by Gasteiger charge is 2.44. The second-order valence-corrected chi connectivity index (χ2v) is 6.01. The number of nitrogens with zero attached hydrogens (tertiary/aromatic N) is 1. The fourth-order valence-corrected chi connectivity index (χ4v) is 3.00. The number of nitrogens with one attached hydrogen (secondary N) is 1. The molecule has 7 heteroatoms. The van der Waals surface area contributed by atoms with Crippen molar-refractivity contribution in [3.63, 3.8) is 0 Å². The van der Waals surface area contributed by atoms with E-state index in [0.29, 0.717) is 18.7 Å². The molecule has 4 nitrogen and oxygen atoms in total. The first kappa shape index (κ1) is 17.0. The van der Waals surface area contributed by atoms with E-state index in [1.165, 1.54) is 0 Å². The van der Waals surface area contributed by atoms with Gasteiger partial charge in [0.1, 0.15) is 0 Å². The van der Waals surface area contributed by atoms with Gasteiger partial charge in [0.2, 0.25) is 0 Å². The number of halogens is 3. The molecule has 0 aliphatic carbocycles. The molecule has 0 saturated carbocycles. The maximum atomic E-state index is 12.5. The average Bonchev–Trinajstić information content (AvgIpc) is 2.77. The van der Waals surface area contributed by atoms with Crippen LogP contribution in [-0.2, 0) is 0 Å². The van der Waals surface area contributed by atoms with E-state index in [9.17, 15) is 23.1 Å². The van der Waals surface area contributed by atoms with Crippen molar-refractivity contribution in [2.75, 3.05) is 19.6 Å². The molecule has 1 aliphatic heterocycles. The molecule has 0 amide bonds. The van der Waals surface area contributed by atoms with Crippen LogP contribution in [0.15, 0.2) is 6.07 Å². The number of Topliss-reactive ketones (excluding diaryl/α,β-unsaturated/α-hetero) is 1. The van der Waals surface area contributed by atoms with Crippen LogP contribution in [-0.4, -0.2) is 52.7 Å². The van der Waals surface area contributed by atoms with Gasteiger partial charge in [-0.2, -0.15) is 13.2 Å². The van der Waals surface area contributed by atoms with Crippen LogP contribution >= 0.6 is 0 Å². The number of likely N-dealkylation sites (tertiary alicyclic amines) is 1. The molecule has 1 atom stereocenters. The number of hydrogen-bond donors (Lipinski definition) is 2. The summed E-state index contributed by atoms with van der Waals surface area (Å²) in [6.07, 6.45) is -6.33. The number of aromatic nitrogens is 1. The van der Waals surface area contributed by atoms with E-state index in [4.69, 9.17) is 0 Å². The van der Waals surface area contributed by atoms with Crippen molar-refractivity contribution in [1.29, 1.82) is 0 Å². The van der Waals surface area contributed by atoms with E-state index in [-0.39, 0.29) is 25.2 Å². The number of carbonyl (C=O) groups excluding carboxylic acids is 1. The molecule has 0 bridgehead atoms. The Morgan fingerprint density at radius 1 is 1.41 bits per heavy atom. The lowest BCUT2D eigenvalue weighted by Crippen LogP contribution is -2.44. The van der Waals surface area contributed by atoms with E-state index >= 15 is 0 Å². The molecule has 1 aromatic heterocycles. The lowest BCUT2D eigenvalue weighted by atomic mass is 9.90. The van der Waals surface area contributed by atoms with Crippen molar-refractivity contribution in [2.24, 2.45) is 5.92 Å². The summed E-state index contributed by atoms with van der Waals surface area (Å²) in [6, 6.07) is 1.79. The average molecular weight is 318 g/mol. The minimum atomic E-state index is -4.57. The number of aliphatic hydroxyl groups excluding tert-OH is 1. The molecule has 2 rings (SSSR count). The minimum Gasteiger partial charge on any atom is -0.383 e. The van der Waals surface area contributed by atoms with Crippen molar-refractivity contribution in [2.45, 2.75) is 39.0 Å². The first-order valence-electron chi connectivity index (χ1n) is 7.35. The van der Waals surface area contributed by atoms with Crippen LogP contribution in [0.5, 0.6) is 0 Å². The third kappa shape index (κ3) is 3.89. The molecule has 2 heterocycles. The van der Waals surface area contributed by atoms with Gasteiger partial charge in [-0.1, -0.05) is 0 Å². The molecule has 124 valence electrons. The third-order valence-electron chi connectivity index (χ3n) is 4.23. The lowest BCUT2D eigenvalue weighted by molar-refractivity contribution is -0.222. The molecular formula is C15H21F3N2O2. The molecule has 1 aliphatic rings. The van der Waals surface area contributed by atoms with E-state index in [2.05, 4.69) is 4.98 Å². The zero-order chi connectivity index (χ0) is 16.5. The monoisotopic (exact) mass is 318 g/mol. The standard InChI is InChI=1S/C15H21F3N2O2/c1-9-7-12(10(2)19-9)13(21)8-20-5-3-11(4-6-20)14(22)15(16,17)18/h7,11,14,19,22H,3-6,8H2,1-2H3. The Kier molecular flexibility index (Phi) is 4.97. The predicted molar refractivity (Wildman–Crippen MR) is 75.8 cm³/mol. The highest BCUT2D eigenvalue weighted by atomic mass is 19.4. The van der Waals surface area contributed by atoms with E-state index < -0.39 is 18.2 Å². The number of hydrogen-bond acceptors (Lipinski definition) is 3. The van der Waals surface area contributed by atoms with E-state index in [0.717, 1.165) is 11.4 Å². The second kappa shape index (κ2) is 6.42. The number of alkyl halides is 3. The van der Waals surface area contributed by atoms with Gasteiger partial charge < -0.3 is 10.1 Å². The Morgan fingerprint density at radius 3 is 2.45 bits per heavy atom. The summed E-state index contributed by atoms with van der Waals surface area (Å²) < 4.78 is 37.5. The number of piperidine rings is 1. The molecular weight excluding hydrogens is 297 g/mol. The predicted octanol–water partition coefficient (Wildman–Crippen LogP) is 2.45. The highest BCUT2D eigenvalue weighted by Crippen LogP contribution is 2.31. The largest absolute Gasteiger partial charge is 0.414 e. The van der Waals surface area contributed by atoms with E-state index in [1.54, 1.807) is 6.07 Å². The van der Waals surface area contributed by atoms with Gasteiger partial charge in [0.15, 0.2) is 11.9 Å². The topological polar surface area (TPSA) is 56.3 Å². The quantitative estimate of drug-likeness (QED) is 0.839. The number of aliphatic hydroxyl groups is 1. The zero-order valence-electron chi connectivity index (χ0n) is 12.7. The fourth-order valence-electron chi connectivity index (χ4n) is 3.00. The smallest absolute Gasteiger partial charge is 0.383 e. The summed E-state index contributed by atoms with van der Waals surface area (Å²) in [5.74, 6) is -0.806. The Morgan fingerprint density at radius 2 is 2.00 bits per heavy atom. The van der Waals surface area contributed by atoms with Crippen LogP contribution in [0, 0.1) is 19.8 Å². The van der Waals surface area contributed by atoms with Gasteiger partial charge in [-0.25, -0.2) is 0 Å². The second-order valence-electron chi connectivity index (χ2n) is 6.01. The maximum Gasteiger partial charge on any atom is 0.414 e. The SMILES string of the molecule is Cc1cc(C(=O)CN2CCC(C(O)C(F)(F)F)CC2)c(C)[nH]1. The molecule has 1 fully saturated rings. The van der Waals surface area contributed by atoms with Crippen molar-refractivity contribution < 1.29 is 23.1 Å². The summed E-state index contributed by atoms with van der Waals surface area (Å²) in [5.41, 5.74) is 2.35. The highest BCUT2D eigenvalue weighted by molar-refractivity contribution is 5.98. The summed E-state index contributed by atoms with van der Waals surface area (Å²) in [6.45, 7) is 4.69. The molecule has 0 radical (unpaired) electrons. The minimum absolute atomic E-state index is 0.0309. The summed E-state index contributed by atoms with van der Waals surface area (Å²) >= 11 is 0. The number of carbonyl (C=O) groups is 1. The zero-order valence-corrected chi connectivity index (χ0v) is 12.7. The van der Waals surface area contributed by atoms with Crippen LogP contribution < -0.4 is 0 Å². The van der Waals surface area contributed by atoms with Crippen molar-refractivity contribution in [3.05, 3.63) is 23.0 Å². The number of rotatable bonds is 4. The van der Waals surface area contributed by atoms with Crippen LogP contribution in [0.2, 0.25) is 0 Å². The Bertz CT molecular complexity index is 531. The molecule has 2 N–H and O–H groups in total. The van der Waals surface area contributed by atoms with Gasteiger partial charge in [0.25, 0.3) is 0 Å². The molecule has 1 aromatic rings. The first-order valence-corrected chi connectivity index (χ1v) is 7.35. The number of ketones is 1. The molecule has 1 unspecified atom stereocenters. The molecule has 0 aromatic carbocycles. The van der Waals surface area contributed by atoms with E-state index in [1.807, 2.05) is 18.7 Å². The van der Waals surface area contributed by atoms with Gasteiger partial charge >= 0.3 is 6.18 Å². The van der Waals surface area contributed by atoms with Crippen LogP contribution in [0.25, 0.3) is 0 Å². The van der Waals surface area contributed by atoms with Crippen LogP contribution in [0.3, 0.4) is 0 Å². The van der Waals surface area contributed by atoms with Crippen LogP contribution in [0.1, 0.15) is 34.6 Å². The number of H-pyrrole nitrogens is 1. The molecule has 22 heavy (non-hydrogen) atoms. The van der Waals surface area contributed by atoms with Gasteiger partial charge in [-0.15, -0.1) is 0 Å². The van der Waals surface area contributed by atoms with Gasteiger partial charge in [0, 0.05) is 17.0 Å². The number of aromatic amines is 1. The Balaban J connectivity index is 1.88. The van der Waals surface area contributed by atoms with Crippen molar-refractivity contribution >= 4 is 5.78 Å². The Hall–Kier alpha value is -1.34. The van der Waals surface area contributed by atoms with Crippen molar-refractivity contribution in [1.82, 2.24) is 9.88 Å². The van der Waals surface area contributed by atoms with Gasteiger partial charge in [0.05, 0.1) is 6.54 Å². The molecule has 0 spiro atoms. The Labute approximate surface area is 127 Å². The third-order valence-corrected chi connectivity index (χ3v) is 4.23. The molecule has 1 saturated heterocycles. The first-order chi connectivity index (χ1) is 10.2. The number of aryl methyl sites for hydroxylation is 2. The van der Waals surface area contributed by atoms with Gasteiger partial charge in [-0.05, 0) is 51.8 Å². The lowest BCUT2D eigenvalue weighted by Gasteiger charge is -2.34. The normalized spacial score (nSPS) is 19.4. The van der Waals surface area contributed by atoms with Crippen molar-refractivity contribution in [3.8, 4) is 0 Å². The maximum absolute atomic E-state index is 12.5. The fraction of sp³-hybridized carbons (Fsp3) is 0.667. The summed E-state index contributed by atoms with van der Waals surface area (Å²) in [4.78, 5) is 17.1. The summed E-state index contributed by atoms with van der Waals surface area (Å²) in [5, 5.41) is 9.28. The van der Waals surface area contributed by atoms with Gasteiger partial charge in [-0.3, -0.25) is 9.69 Å².